The van der Waals surface area contributed by atoms with Crippen LogP contribution in [-0.2, 0) is 6.54 Å². The summed E-state index contributed by atoms with van der Waals surface area (Å²) < 4.78 is 0. The summed E-state index contributed by atoms with van der Waals surface area (Å²) in [6.07, 6.45) is 3.24. The third kappa shape index (κ3) is 3.75. The Morgan fingerprint density at radius 3 is 2.81 bits per heavy atom. The summed E-state index contributed by atoms with van der Waals surface area (Å²) in [5.41, 5.74) is 3.56. The Hall–Kier alpha value is -2.99. The number of aromatic nitrogens is 2. The Bertz CT molecular complexity index is 978. The average molecular weight is 362 g/mol. The highest BCUT2D eigenvalue weighted by molar-refractivity contribution is 6.05. The number of nitrogens with one attached hydrogen (secondary N) is 2. The highest BCUT2D eigenvalue weighted by Gasteiger charge is 2.21. The van der Waals surface area contributed by atoms with Gasteiger partial charge in [0.05, 0.1) is 17.6 Å². The molecule has 4 rings (SSSR count). The van der Waals surface area contributed by atoms with Crippen molar-refractivity contribution in [3.05, 3.63) is 59.4 Å². The van der Waals surface area contributed by atoms with Gasteiger partial charge >= 0.3 is 0 Å². The molecule has 2 aromatic carbocycles. The largest absolute Gasteiger partial charge is 0.341 e. The van der Waals surface area contributed by atoms with Gasteiger partial charge in [0.15, 0.2) is 0 Å². The molecule has 1 fully saturated rings. The molecule has 0 bridgehead atoms. The van der Waals surface area contributed by atoms with Crippen LogP contribution in [0.25, 0.3) is 11.0 Å². The lowest BCUT2D eigenvalue weighted by Crippen LogP contribution is -2.26. The second-order valence-corrected chi connectivity index (χ2v) is 7.07. The molecule has 1 aliphatic heterocycles. The van der Waals surface area contributed by atoms with E-state index in [9.17, 15) is 9.59 Å². The fraction of sp³-hybridized carbons (Fsp3) is 0.286. The maximum atomic E-state index is 12.4. The van der Waals surface area contributed by atoms with Gasteiger partial charge in [0.2, 0.25) is 0 Å². The van der Waals surface area contributed by atoms with Crippen molar-refractivity contribution in [2.75, 3.05) is 11.9 Å². The molecule has 6 heteroatoms. The second-order valence-electron chi connectivity index (χ2n) is 7.07. The highest BCUT2D eigenvalue weighted by atomic mass is 16.1. The third-order valence-electron chi connectivity index (χ3n) is 5.14. The van der Waals surface area contributed by atoms with Crippen LogP contribution in [-0.4, -0.2) is 39.6 Å². The molecule has 2 heterocycles. The predicted octanol–water partition coefficient (Wildman–Crippen LogP) is 3.61. The number of H-pyrrole nitrogens is 1. The zero-order valence-corrected chi connectivity index (χ0v) is 15.2. The Balaban J connectivity index is 1.49. The number of fused-ring (bicyclic) bond motifs is 1. The van der Waals surface area contributed by atoms with Crippen molar-refractivity contribution in [2.24, 2.45) is 0 Å². The number of rotatable bonds is 5. The SMILES string of the molecule is C[C@H]1CCCN1Cc1nc2ccc(NC(=O)c3ccc(C=O)cc3)cc2[nH]1. The van der Waals surface area contributed by atoms with Crippen molar-refractivity contribution in [3.63, 3.8) is 0 Å². The minimum Gasteiger partial charge on any atom is -0.341 e. The Morgan fingerprint density at radius 1 is 1.30 bits per heavy atom. The number of hydrogen-bond donors (Lipinski definition) is 2. The molecule has 1 saturated heterocycles. The van der Waals surface area contributed by atoms with Gasteiger partial charge < -0.3 is 10.3 Å². The lowest BCUT2D eigenvalue weighted by molar-refractivity contribution is 0.102. The Morgan fingerprint density at radius 2 is 2.11 bits per heavy atom. The number of carbonyl (C=O) groups excluding carboxylic acids is 2. The van der Waals surface area contributed by atoms with Crippen LogP contribution in [0.15, 0.2) is 42.5 Å². The molecule has 0 aliphatic carbocycles. The van der Waals surface area contributed by atoms with E-state index in [1.807, 2.05) is 18.2 Å². The van der Waals surface area contributed by atoms with Gasteiger partial charge in [-0.15, -0.1) is 0 Å². The number of aromatic amines is 1. The molecule has 2 N–H and O–H groups in total. The van der Waals surface area contributed by atoms with Crippen LogP contribution in [0, 0.1) is 0 Å². The number of likely N-dealkylation sites (tertiary alicyclic amines) is 1. The van der Waals surface area contributed by atoms with Gasteiger partial charge in [-0.2, -0.15) is 0 Å². The molecule has 0 spiro atoms. The maximum Gasteiger partial charge on any atom is 0.255 e. The predicted molar refractivity (Wildman–Crippen MR) is 105 cm³/mol. The first-order valence-electron chi connectivity index (χ1n) is 9.21. The summed E-state index contributed by atoms with van der Waals surface area (Å²) in [6, 6.07) is 12.8. The molecule has 138 valence electrons. The number of imidazole rings is 1. The van der Waals surface area contributed by atoms with E-state index in [1.54, 1.807) is 24.3 Å². The third-order valence-corrected chi connectivity index (χ3v) is 5.14. The van der Waals surface area contributed by atoms with E-state index in [2.05, 4.69) is 27.1 Å². The first kappa shape index (κ1) is 17.4. The minimum atomic E-state index is -0.211. The number of amides is 1. The van der Waals surface area contributed by atoms with E-state index >= 15 is 0 Å². The quantitative estimate of drug-likeness (QED) is 0.680. The average Bonchev–Trinajstić information content (AvgIpc) is 3.27. The first-order valence-corrected chi connectivity index (χ1v) is 9.21. The fourth-order valence-corrected chi connectivity index (χ4v) is 3.55. The van der Waals surface area contributed by atoms with Crippen LogP contribution in [0.3, 0.4) is 0 Å². The molecule has 0 unspecified atom stereocenters. The molecule has 1 aliphatic rings. The molecular formula is C21H22N4O2. The zero-order valence-electron chi connectivity index (χ0n) is 15.2. The van der Waals surface area contributed by atoms with Gasteiger partial charge in [0.1, 0.15) is 12.1 Å². The van der Waals surface area contributed by atoms with Gasteiger partial charge in [-0.1, -0.05) is 12.1 Å². The van der Waals surface area contributed by atoms with Crippen molar-refractivity contribution in [1.82, 2.24) is 14.9 Å². The summed E-state index contributed by atoms with van der Waals surface area (Å²) >= 11 is 0. The number of hydrogen-bond acceptors (Lipinski definition) is 4. The van der Waals surface area contributed by atoms with Crippen LogP contribution >= 0.6 is 0 Å². The number of nitrogens with zero attached hydrogens (tertiary/aromatic N) is 2. The summed E-state index contributed by atoms with van der Waals surface area (Å²) in [5.74, 6) is 0.740. The van der Waals surface area contributed by atoms with Crippen molar-refractivity contribution in [3.8, 4) is 0 Å². The normalized spacial score (nSPS) is 17.3. The highest BCUT2D eigenvalue weighted by Crippen LogP contribution is 2.22. The van der Waals surface area contributed by atoms with Crippen molar-refractivity contribution in [2.45, 2.75) is 32.4 Å². The van der Waals surface area contributed by atoms with Crippen molar-refractivity contribution < 1.29 is 9.59 Å². The zero-order chi connectivity index (χ0) is 18.8. The van der Waals surface area contributed by atoms with E-state index < -0.39 is 0 Å². The second kappa shape index (κ2) is 7.32. The summed E-state index contributed by atoms with van der Waals surface area (Å²) in [6.45, 7) is 4.19. The smallest absolute Gasteiger partial charge is 0.255 e. The van der Waals surface area contributed by atoms with E-state index in [4.69, 9.17) is 0 Å². The standard InChI is InChI=1S/C21H22N4O2/c1-14-3-2-10-25(14)12-20-23-18-9-8-17(11-19(18)24-20)22-21(27)16-6-4-15(13-26)5-7-16/h4-9,11,13-14H,2-3,10,12H2,1H3,(H,22,27)(H,23,24)/t14-/m0/s1. The molecule has 6 nitrogen and oxygen atoms in total. The van der Waals surface area contributed by atoms with E-state index in [0.29, 0.717) is 22.9 Å². The number of anilines is 1. The molecule has 3 aromatic rings. The fourth-order valence-electron chi connectivity index (χ4n) is 3.55. The number of aldehydes is 1. The van der Waals surface area contributed by atoms with Crippen LogP contribution in [0.1, 0.15) is 46.3 Å². The summed E-state index contributed by atoms with van der Waals surface area (Å²) in [4.78, 5) is 33.6. The van der Waals surface area contributed by atoms with Crippen molar-refractivity contribution in [1.29, 1.82) is 0 Å². The molecule has 27 heavy (non-hydrogen) atoms. The van der Waals surface area contributed by atoms with E-state index in [0.717, 1.165) is 36.2 Å². The number of benzene rings is 2. The van der Waals surface area contributed by atoms with Crippen LogP contribution in [0.4, 0.5) is 5.69 Å². The molecule has 0 radical (unpaired) electrons. The van der Waals surface area contributed by atoms with Gasteiger partial charge in [0.25, 0.3) is 5.91 Å². The summed E-state index contributed by atoms with van der Waals surface area (Å²) in [5, 5.41) is 2.89. The molecule has 1 amide bonds. The topological polar surface area (TPSA) is 78.1 Å². The van der Waals surface area contributed by atoms with Gasteiger partial charge in [0, 0.05) is 22.9 Å². The Kier molecular flexibility index (Phi) is 4.73. The number of carbonyl (C=O) groups is 2. The Labute approximate surface area is 157 Å². The maximum absolute atomic E-state index is 12.4. The lowest BCUT2D eigenvalue weighted by Gasteiger charge is -2.19. The van der Waals surface area contributed by atoms with Crippen LogP contribution in [0.5, 0.6) is 0 Å². The van der Waals surface area contributed by atoms with Crippen LogP contribution in [0.2, 0.25) is 0 Å². The minimum absolute atomic E-state index is 0.211. The molecule has 0 saturated carbocycles. The molecule has 1 aromatic heterocycles. The van der Waals surface area contributed by atoms with Gasteiger partial charge in [-0.3, -0.25) is 14.5 Å². The molecule has 1 atom stereocenters. The first-order chi connectivity index (χ1) is 13.1. The summed E-state index contributed by atoms with van der Waals surface area (Å²) in [7, 11) is 0. The van der Waals surface area contributed by atoms with E-state index in [-0.39, 0.29) is 5.91 Å². The van der Waals surface area contributed by atoms with Gasteiger partial charge in [-0.25, -0.2) is 4.98 Å². The van der Waals surface area contributed by atoms with Crippen LogP contribution < -0.4 is 5.32 Å². The van der Waals surface area contributed by atoms with E-state index in [1.165, 1.54) is 12.8 Å². The monoisotopic (exact) mass is 362 g/mol. The van der Waals surface area contributed by atoms with Gasteiger partial charge in [-0.05, 0) is 56.6 Å². The molecular weight excluding hydrogens is 340 g/mol. The lowest BCUT2D eigenvalue weighted by atomic mass is 10.1. The van der Waals surface area contributed by atoms with Crippen molar-refractivity contribution >= 4 is 28.9 Å².